The normalized spacial score (nSPS) is 37.8. The molecule has 0 unspecified atom stereocenters. The molecule has 38 heavy (non-hydrogen) atoms. The van der Waals surface area contributed by atoms with E-state index in [1.54, 1.807) is 13.2 Å². The van der Waals surface area contributed by atoms with Gasteiger partial charge < -0.3 is 18.9 Å². The van der Waals surface area contributed by atoms with Crippen molar-refractivity contribution in [3.8, 4) is 5.75 Å². The van der Waals surface area contributed by atoms with Crippen LogP contribution in [0, 0.1) is 22.7 Å². The lowest BCUT2D eigenvalue weighted by atomic mass is 9.47. The summed E-state index contributed by atoms with van der Waals surface area (Å²) in [6.45, 7) is 10.1. The van der Waals surface area contributed by atoms with E-state index < -0.39 is 40.8 Å². The van der Waals surface area contributed by atoms with E-state index in [1.807, 2.05) is 26.0 Å². The van der Waals surface area contributed by atoms with E-state index in [-0.39, 0.29) is 30.2 Å². The predicted octanol–water partition coefficient (Wildman–Crippen LogP) is 5.09. The minimum atomic E-state index is -1.05. The molecule has 1 aromatic rings. The van der Waals surface area contributed by atoms with Crippen molar-refractivity contribution in [2.24, 2.45) is 22.7 Å². The number of methoxy groups -OCH3 is 2. The van der Waals surface area contributed by atoms with Gasteiger partial charge in [-0.05, 0) is 72.2 Å². The van der Waals surface area contributed by atoms with E-state index in [1.165, 1.54) is 24.3 Å². The van der Waals surface area contributed by atoms with E-state index in [2.05, 4.69) is 48.2 Å². The molecule has 1 heterocycles. The monoisotopic (exact) mass is 632 g/mol. The number of allylic oxidation sites excluding steroid dienone is 2. The van der Waals surface area contributed by atoms with Crippen molar-refractivity contribution in [3.63, 3.8) is 0 Å². The summed E-state index contributed by atoms with van der Waals surface area (Å²) in [5.74, 6) is -1.04. The molecule has 5 rings (SSSR count). The van der Waals surface area contributed by atoms with Crippen molar-refractivity contribution in [1.82, 2.24) is 0 Å². The van der Waals surface area contributed by atoms with Gasteiger partial charge in [0, 0.05) is 26.7 Å². The lowest BCUT2D eigenvalue weighted by molar-refractivity contribution is -0.161. The van der Waals surface area contributed by atoms with Gasteiger partial charge in [-0.15, -0.1) is 0 Å². The maximum Gasteiger partial charge on any atom is 0.316 e. The van der Waals surface area contributed by atoms with Crippen molar-refractivity contribution < 1.29 is 33.3 Å². The van der Waals surface area contributed by atoms with E-state index in [4.69, 9.17) is 18.9 Å². The second kappa shape index (κ2) is 9.62. The third-order valence-corrected chi connectivity index (χ3v) is 10.9. The Hall–Kier alpha value is -2.46. The van der Waals surface area contributed by atoms with Crippen molar-refractivity contribution in [3.05, 3.63) is 63.3 Å². The first-order valence-corrected chi connectivity index (χ1v) is 13.9. The molecule has 7 nitrogen and oxygen atoms in total. The zero-order valence-corrected chi connectivity index (χ0v) is 24.4. The largest absolute Gasteiger partial charge is 0.497 e. The number of hydrogen-bond donors (Lipinski definition) is 0. The van der Waals surface area contributed by atoms with Crippen LogP contribution in [-0.2, 0) is 28.6 Å². The van der Waals surface area contributed by atoms with Crippen LogP contribution in [0.4, 0.5) is 0 Å². The van der Waals surface area contributed by atoms with E-state index in [0.29, 0.717) is 5.57 Å². The molecule has 4 aliphatic rings. The van der Waals surface area contributed by atoms with Crippen LogP contribution in [0.5, 0.6) is 5.75 Å². The third-order valence-electron chi connectivity index (χ3n) is 9.31. The molecular weight excluding hydrogens is 599 g/mol. The van der Waals surface area contributed by atoms with E-state index in [9.17, 15) is 14.4 Å². The molecule has 8 atom stereocenters. The van der Waals surface area contributed by atoms with Crippen molar-refractivity contribution >= 4 is 40.3 Å². The van der Waals surface area contributed by atoms with Crippen LogP contribution in [0.2, 0.25) is 0 Å². The van der Waals surface area contributed by atoms with Gasteiger partial charge in [0.1, 0.15) is 18.0 Å². The van der Waals surface area contributed by atoms with Gasteiger partial charge in [-0.25, -0.2) is 0 Å². The maximum atomic E-state index is 13.4. The minimum absolute atomic E-state index is 0.0239. The highest BCUT2D eigenvalue weighted by Crippen LogP contribution is 2.63. The first-order chi connectivity index (χ1) is 18.0. The Morgan fingerprint density at radius 3 is 2.50 bits per heavy atom. The predicted molar refractivity (Wildman–Crippen MR) is 149 cm³/mol. The summed E-state index contributed by atoms with van der Waals surface area (Å²) in [6.07, 6.45) is 2.23. The Balaban J connectivity index is 1.50. The fourth-order valence-corrected chi connectivity index (χ4v) is 7.89. The number of hydrogen-bond acceptors (Lipinski definition) is 7. The smallest absolute Gasteiger partial charge is 0.316 e. The number of esters is 2. The fourth-order valence-electron chi connectivity index (χ4n) is 7.11. The number of carbonyl (C=O) groups is 3. The second-order valence-electron chi connectivity index (χ2n) is 11.2. The Morgan fingerprint density at radius 1 is 1.18 bits per heavy atom. The number of ketones is 1. The lowest BCUT2D eigenvalue weighted by Crippen LogP contribution is -2.61. The average molecular weight is 632 g/mol. The Labute approximate surface area is 236 Å². The van der Waals surface area contributed by atoms with Gasteiger partial charge >= 0.3 is 11.9 Å². The molecule has 1 saturated carbocycles. The molecule has 1 saturated heterocycles. The number of ether oxygens (including phenoxy) is 4. The zero-order chi connectivity index (χ0) is 27.6. The highest BCUT2D eigenvalue weighted by Gasteiger charge is 2.71. The van der Waals surface area contributed by atoms with Crippen LogP contribution < -0.4 is 4.74 Å². The molecular formula is C30H33IO7. The minimum Gasteiger partial charge on any atom is -0.497 e. The second-order valence-corrected chi connectivity index (χ2v) is 12.3. The molecule has 202 valence electrons. The molecule has 1 aromatic carbocycles. The molecule has 3 aliphatic carbocycles. The average Bonchev–Trinajstić information content (AvgIpc) is 3.34. The first kappa shape index (κ1) is 27.1. The van der Waals surface area contributed by atoms with Crippen LogP contribution in [0.3, 0.4) is 0 Å². The van der Waals surface area contributed by atoms with Crippen molar-refractivity contribution in [1.29, 1.82) is 0 Å². The fraction of sp³-hybridized carbons (Fsp3) is 0.500. The van der Waals surface area contributed by atoms with Gasteiger partial charge in [-0.1, -0.05) is 37.3 Å². The molecule has 0 radical (unpaired) electrons. The van der Waals surface area contributed by atoms with Gasteiger partial charge in [0.05, 0.1) is 32.2 Å². The molecule has 0 spiro atoms. The summed E-state index contributed by atoms with van der Waals surface area (Å²) in [7, 11) is 2.98. The van der Waals surface area contributed by atoms with E-state index >= 15 is 0 Å². The summed E-state index contributed by atoms with van der Waals surface area (Å²) in [6, 6.07) is 8.05. The van der Waals surface area contributed by atoms with Gasteiger partial charge in [0.25, 0.3) is 0 Å². The topological polar surface area (TPSA) is 88.1 Å². The van der Waals surface area contributed by atoms with Gasteiger partial charge in [0.2, 0.25) is 0 Å². The van der Waals surface area contributed by atoms with Crippen LogP contribution in [0.15, 0.2) is 57.7 Å². The molecule has 0 amide bonds. The summed E-state index contributed by atoms with van der Waals surface area (Å²) in [5, 5.41) is 0. The standard InChI is InChI=1S/C30H33IO7/c1-15-19(17-7-9-18(35-5)10-8-17)13-21(24(15)31)37-25-16(2)20(14-23(33)36-6)30(4)22(32)11-12-29(3)27(30)26(25)38-28(29)34/h7-12,19-21,25-27H,2,13-14H2,1,3-6H3/t19-,20-,21-,25-,26-,27-,29+,30-/m0/s1. The zero-order valence-electron chi connectivity index (χ0n) is 22.3. The van der Waals surface area contributed by atoms with Gasteiger partial charge in [-0.3, -0.25) is 14.4 Å². The third kappa shape index (κ3) is 3.89. The van der Waals surface area contributed by atoms with Crippen LogP contribution in [0.25, 0.3) is 0 Å². The lowest BCUT2D eigenvalue weighted by Gasteiger charge is -2.54. The highest BCUT2D eigenvalue weighted by molar-refractivity contribution is 14.1. The Kier molecular flexibility index (Phi) is 6.87. The number of benzene rings is 1. The molecule has 0 bridgehead atoms. The van der Waals surface area contributed by atoms with E-state index in [0.717, 1.165) is 15.8 Å². The molecule has 0 aromatic heterocycles. The molecule has 8 heteroatoms. The SMILES string of the molecule is C=C1[C@H](O[C@H]2C[C@H](c3ccc(OC)cc3)C(C)=C2I)[C@@H]2OC(=O)[C@]3(C)C=CC(=O)[C@@](C)([C@@H]23)[C@H]1CC(=O)OC. The number of carbonyl (C=O) groups excluding carboxylic acids is 3. The number of halogens is 1. The van der Waals surface area contributed by atoms with Crippen LogP contribution in [0.1, 0.15) is 45.1 Å². The summed E-state index contributed by atoms with van der Waals surface area (Å²) < 4.78 is 24.2. The van der Waals surface area contributed by atoms with Crippen molar-refractivity contribution in [2.75, 3.05) is 14.2 Å². The van der Waals surface area contributed by atoms with Crippen LogP contribution in [-0.4, -0.2) is 50.3 Å². The highest BCUT2D eigenvalue weighted by atomic mass is 127. The summed E-state index contributed by atoms with van der Waals surface area (Å²) >= 11 is 2.34. The molecule has 0 N–H and O–H groups in total. The molecule has 2 fully saturated rings. The first-order valence-electron chi connectivity index (χ1n) is 12.8. The van der Waals surface area contributed by atoms with Gasteiger partial charge in [-0.2, -0.15) is 0 Å². The Bertz CT molecular complexity index is 1260. The molecule has 1 aliphatic heterocycles. The summed E-state index contributed by atoms with van der Waals surface area (Å²) in [4.78, 5) is 39.2. The quantitative estimate of drug-likeness (QED) is 0.246. The van der Waals surface area contributed by atoms with Crippen LogP contribution >= 0.6 is 22.6 Å². The Morgan fingerprint density at radius 2 is 1.87 bits per heavy atom. The van der Waals surface area contributed by atoms with Crippen molar-refractivity contribution in [2.45, 2.75) is 57.8 Å². The number of rotatable bonds is 6. The van der Waals surface area contributed by atoms with Gasteiger partial charge in [0.15, 0.2) is 5.78 Å². The summed E-state index contributed by atoms with van der Waals surface area (Å²) in [5.41, 5.74) is 0.942. The maximum absolute atomic E-state index is 13.4.